The van der Waals surface area contributed by atoms with Gasteiger partial charge in [0.25, 0.3) is 0 Å². The Morgan fingerprint density at radius 1 is 0.514 bits per heavy atom. The molecule has 7 atom stereocenters. The van der Waals surface area contributed by atoms with Crippen molar-refractivity contribution in [3.8, 4) is 0 Å². The van der Waals surface area contributed by atoms with Gasteiger partial charge in [-0.3, -0.25) is 9.59 Å². The first kappa shape index (κ1) is 67.4. The molecule has 0 spiro atoms. The minimum absolute atomic E-state index is 0.0303. The average molecular weight is 1020 g/mol. The fourth-order valence-electron chi connectivity index (χ4n) is 8.87. The third kappa shape index (κ3) is 39.8. The molecule has 1 heterocycles. The zero-order valence-corrected chi connectivity index (χ0v) is 45.9. The zero-order chi connectivity index (χ0) is 52.4. The number of carbonyl (C=O) groups excluding carboxylic acids is 2. The maximum Gasteiger partial charge on any atom is 0.305 e. The monoisotopic (exact) mass is 1020 g/mol. The summed E-state index contributed by atoms with van der Waals surface area (Å²) in [6, 6.07) is -0.843. The molecule has 1 aliphatic heterocycles. The smallest absolute Gasteiger partial charge is 0.305 e. The minimum Gasteiger partial charge on any atom is -0.466 e. The number of hydrogen-bond donors (Lipinski definition) is 6. The van der Waals surface area contributed by atoms with E-state index in [0.29, 0.717) is 19.4 Å². The Morgan fingerprint density at radius 2 is 0.944 bits per heavy atom. The number of rotatable bonds is 50. The number of nitrogens with one attached hydrogen (secondary N) is 1. The van der Waals surface area contributed by atoms with E-state index >= 15 is 0 Å². The molecule has 418 valence electrons. The largest absolute Gasteiger partial charge is 0.466 e. The third-order valence-electron chi connectivity index (χ3n) is 13.6. The second-order valence-corrected chi connectivity index (χ2v) is 20.4. The molecule has 0 bridgehead atoms. The van der Waals surface area contributed by atoms with Crippen LogP contribution in [0.1, 0.15) is 251 Å². The van der Waals surface area contributed by atoms with Crippen molar-refractivity contribution in [2.24, 2.45) is 0 Å². The molecule has 1 aliphatic rings. The number of aliphatic hydroxyl groups is 5. The highest BCUT2D eigenvalue weighted by molar-refractivity contribution is 5.76. The molecule has 11 heteroatoms. The van der Waals surface area contributed by atoms with Crippen LogP contribution in [0, 0.1) is 0 Å². The lowest BCUT2D eigenvalue weighted by molar-refractivity contribution is -0.302. The highest BCUT2D eigenvalue weighted by atomic mass is 16.7. The van der Waals surface area contributed by atoms with Gasteiger partial charge in [0.1, 0.15) is 24.4 Å². The minimum atomic E-state index is -1.58. The summed E-state index contributed by atoms with van der Waals surface area (Å²) in [6.45, 7) is 4.24. The van der Waals surface area contributed by atoms with Crippen LogP contribution in [0.2, 0.25) is 0 Å². The molecule has 7 unspecified atom stereocenters. The molecule has 0 aliphatic carbocycles. The van der Waals surface area contributed by atoms with E-state index in [1.165, 1.54) is 122 Å². The first-order valence-corrected chi connectivity index (χ1v) is 29.6. The van der Waals surface area contributed by atoms with Gasteiger partial charge in [-0.05, 0) is 89.9 Å². The summed E-state index contributed by atoms with van der Waals surface area (Å²) < 4.78 is 16.7. The van der Waals surface area contributed by atoms with Gasteiger partial charge in [0.2, 0.25) is 5.91 Å². The lowest BCUT2D eigenvalue weighted by atomic mass is 9.99. The standard InChI is InChI=1S/C61H109NO10/c1-3-5-7-9-11-13-15-16-24-28-31-35-39-43-47-54(64)53(52-71-61-60(69)59(68)58(67)55(51-63)72-61)62-56(65)48-44-40-36-32-29-25-22-20-18-17-19-21-23-26-30-34-38-42-46-50-70-57(66)49-45-41-37-33-27-14-12-10-8-6-4-2/h13,15,21,23,26,28,30-31,43,47,53-55,58-61,63-64,67-69H,3-12,14,16-20,22,24-25,27,29,32-42,44-46,48-52H2,1-2H3,(H,62,65)/b15-13+,23-21-,30-26-,31-28+,47-43+. The van der Waals surface area contributed by atoms with Crippen LogP contribution in [0.4, 0.5) is 0 Å². The van der Waals surface area contributed by atoms with Gasteiger partial charge in [-0.1, -0.05) is 209 Å². The predicted octanol–water partition coefficient (Wildman–Crippen LogP) is 13.4. The van der Waals surface area contributed by atoms with Crippen molar-refractivity contribution in [3.63, 3.8) is 0 Å². The zero-order valence-electron chi connectivity index (χ0n) is 45.9. The van der Waals surface area contributed by atoms with Crippen molar-refractivity contribution < 1.29 is 49.3 Å². The number of aliphatic hydroxyl groups excluding tert-OH is 5. The van der Waals surface area contributed by atoms with Gasteiger partial charge in [0.15, 0.2) is 6.29 Å². The molecular formula is C61H109NO10. The number of esters is 1. The molecule has 0 aromatic rings. The van der Waals surface area contributed by atoms with Crippen LogP contribution in [-0.4, -0.2) is 100 Å². The molecule has 1 fully saturated rings. The maximum absolute atomic E-state index is 13.0. The van der Waals surface area contributed by atoms with E-state index in [1.54, 1.807) is 6.08 Å². The van der Waals surface area contributed by atoms with E-state index in [1.807, 2.05) is 6.08 Å². The Morgan fingerprint density at radius 3 is 1.47 bits per heavy atom. The number of carbonyl (C=O) groups is 2. The summed E-state index contributed by atoms with van der Waals surface area (Å²) in [5, 5.41) is 54.3. The summed E-state index contributed by atoms with van der Waals surface area (Å²) in [4.78, 5) is 25.0. The first-order valence-electron chi connectivity index (χ1n) is 29.6. The van der Waals surface area contributed by atoms with Crippen molar-refractivity contribution in [2.45, 2.75) is 294 Å². The van der Waals surface area contributed by atoms with Crippen LogP contribution in [0.5, 0.6) is 0 Å². The Balaban J connectivity index is 2.16. The summed E-state index contributed by atoms with van der Waals surface area (Å²) in [7, 11) is 0. The van der Waals surface area contributed by atoms with Gasteiger partial charge in [0.05, 0.1) is 32.0 Å². The Labute approximate surface area is 439 Å². The lowest BCUT2D eigenvalue weighted by Crippen LogP contribution is -2.60. The number of amides is 1. The first-order chi connectivity index (χ1) is 35.2. The topological polar surface area (TPSA) is 175 Å². The van der Waals surface area contributed by atoms with Crippen molar-refractivity contribution in [3.05, 3.63) is 60.8 Å². The fourth-order valence-corrected chi connectivity index (χ4v) is 8.87. The highest BCUT2D eigenvalue weighted by Gasteiger charge is 2.44. The normalized spacial score (nSPS) is 19.5. The number of allylic oxidation sites excluding steroid dienone is 9. The maximum atomic E-state index is 13.0. The Hall–Kier alpha value is -2.64. The molecule has 11 nitrogen and oxygen atoms in total. The van der Waals surface area contributed by atoms with Crippen LogP contribution >= 0.6 is 0 Å². The van der Waals surface area contributed by atoms with E-state index in [2.05, 4.69) is 67.8 Å². The second-order valence-electron chi connectivity index (χ2n) is 20.4. The van der Waals surface area contributed by atoms with Gasteiger partial charge < -0.3 is 45.1 Å². The van der Waals surface area contributed by atoms with E-state index in [-0.39, 0.29) is 18.5 Å². The van der Waals surface area contributed by atoms with Crippen molar-refractivity contribution in [2.75, 3.05) is 19.8 Å². The molecular weight excluding hydrogens is 907 g/mol. The Bertz CT molecular complexity index is 1380. The lowest BCUT2D eigenvalue weighted by Gasteiger charge is -2.40. The van der Waals surface area contributed by atoms with Crippen LogP contribution in [-0.2, 0) is 23.8 Å². The third-order valence-corrected chi connectivity index (χ3v) is 13.6. The molecule has 6 N–H and O–H groups in total. The molecule has 1 saturated heterocycles. The Kier molecular flexibility index (Phi) is 47.3. The molecule has 1 amide bonds. The molecule has 0 aromatic heterocycles. The van der Waals surface area contributed by atoms with Gasteiger partial charge in [-0.15, -0.1) is 0 Å². The summed E-state index contributed by atoms with van der Waals surface area (Å²) in [5.41, 5.74) is 0. The summed E-state index contributed by atoms with van der Waals surface area (Å²) >= 11 is 0. The van der Waals surface area contributed by atoms with E-state index in [4.69, 9.17) is 14.2 Å². The quantitative estimate of drug-likeness (QED) is 0.0149. The summed E-state index contributed by atoms with van der Waals surface area (Å²) in [5.74, 6) is -0.238. The molecule has 72 heavy (non-hydrogen) atoms. The van der Waals surface area contributed by atoms with Crippen LogP contribution < -0.4 is 5.32 Å². The van der Waals surface area contributed by atoms with Gasteiger partial charge in [-0.2, -0.15) is 0 Å². The van der Waals surface area contributed by atoms with Gasteiger partial charge in [0, 0.05) is 12.8 Å². The molecule has 1 rings (SSSR count). The highest BCUT2D eigenvalue weighted by Crippen LogP contribution is 2.23. The predicted molar refractivity (Wildman–Crippen MR) is 296 cm³/mol. The van der Waals surface area contributed by atoms with Gasteiger partial charge >= 0.3 is 5.97 Å². The van der Waals surface area contributed by atoms with Crippen LogP contribution in [0.25, 0.3) is 0 Å². The van der Waals surface area contributed by atoms with Crippen molar-refractivity contribution >= 4 is 11.9 Å². The van der Waals surface area contributed by atoms with Crippen LogP contribution in [0.3, 0.4) is 0 Å². The van der Waals surface area contributed by atoms with Crippen molar-refractivity contribution in [1.29, 1.82) is 0 Å². The van der Waals surface area contributed by atoms with Crippen LogP contribution in [0.15, 0.2) is 60.8 Å². The fraction of sp³-hybridized carbons (Fsp3) is 0.803. The molecule has 0 saturated carbocycles. The van der Waals surface area contributed by atoms with Crippen molar-refractivity contribution in [1.82, 2.24) is 5.32 Å². The van der Waals surface area contributed by atoms with E-state index in [9.17, 15) is 35.1 Å². The van der Waals surface area contributed by atoms with Gasteiger partial charge in [-0.25, -0.2) is 0 Å². The van der Waals surface area contributed by atoms with E-state index < -0.39 is 49.5 Å². The number of unbranched alkanes of at least 4 members (excludes halogenated alkanes) is 29. The van der Waals surface area contributed by atoms with E-state index in [0.717, 1.165) is 103 Å². The number of hydrogen-bond acceptors (Lipinski definition) is 10. The second kappa shape index (κ2) is 50.5. The molecule has 0 aromatic carbocycles. The number of ether oxygens (including phenoxy) is 3. The summed E-state index contributed by atoms with van der Waals surface area (Å²) in [6.07, 6.45) is 54.5. The molecule has 0 radical (unpaired) electrons. The SMILES string of the molecule is CCCCCC/C=C/CC/C=C/CC/C=C/C(O)C(COC1OC(CO)C(O)C(O)C1O)NC(=O)CCCCCCCCCCCC/C=C\C=C/CCCCCOC(=O)CCCCCCCCCCCCC. The average Bonchev–Trinajstić information content (AvgIpc) is 3.38.